The number of benzene rings is 1. The number of nitrogen functional groups attached to an aromatic ring is 1. The number of hydrogen-bond donors (Lipinski definition) is 1. The van der Waals surface area contributed by atoms with Crippen molar-refractivity contribution in [3.05, 3.63) is 24.3 Å². The molecule has 1 rings (SSSR count). The Labute approximate surface area is 103 Å². The first-order chi connectivity index (χ1) is 8.13. The van der Waals surface area contributed by atoms with Crippen molar-refractivity contribution in [3.8, 4) is 0 Å². The molecule has 0 saturated carbocycles. The summed E-state index contributed by atoms with van der Waals surface area (Å²) in [6.45, 7) is 7.99. The summed E-state index contributed by atoms with van der Waals surface area (Å²) in [4.78, 5) is 15.8. The third-order valence-electron chi connectivity index (χ3n) is 2.76. The van der Waals surface area contributed by atoms with E-state index in [2.05, 4.69) is 0 Å². The Kier molecular flexibility index (Phi) is 4.82. The normalized spacial score (nSPS) is 10.1. The lowest BCUT2D eigenvalue weighted by Crippen LogP contribution is -2.43. The molecule has 2 amide bonds. The minimum atomic E-state index is 0.0306. The van der Waals surface area contributed by atoms with Crippen LogP contribution in [-0.4, -0.2) is 30.6 Å². The van der Waals surface area contributed by atoms with Crippen LogP contribution >= 0.6 is 0 Å². The van der Waals surface area contributed by atoms with Gasteiger partial charge in [0.15, 0.2) is 0 Å². The number of nitrogens with zero attached hydrogens (tertiary/aromatic N) is 2. The molecule has 4 heteroatoms. The van der Waals surface area contributed by atoms with Gasteiger partial charge in [0.25, 0.3) is 0 Å². The van der Waals surface area contributed by atoms with Crippen molar-refractivity contribution in [1.29, 1.82) is 0 Å². The van der Waals surface area contributed by atoms with Gasteiger partial charge in [-0.1, -0.05) is 6.07 Å². The standard InChI is InChI=1S/C13H21N3O/c1-4-15(5-2)13(17)16(6-3)12-9-7-8-11(14)10-12/h7-10H,4-6,14H2,1-3H3. The number of hydrogen-bond acceptors (Lipinski definition) is 2. The van der Waals surface area contributed by atoms with Gasteiger partial charge in [-0.25, -0.2) is 4.79 Å². The summed E-state index contributed by atoms with van der Waals surface area (Å²) in [6, 6.07) is 7.44. The Morgan fingerprint density at radius 1 is 1.18 bits per heavy atom. The quantitative estimate of drug-likeness (QED) is 0.815. The molecule has 0 aromatic heterocycles. The number of amides is 2. The first-order valence-electron chi connectivity index (χ1n) is 6.05. The van der Waals surface area contributed by atoms with Gasteiger partial charge in [0.1, 0.15) is 0 Å². The number of carbonyl (C=O) groups is 1. The molecular weight excluding hydrogens is 214 g/mol. The Morgan fingerprint density at radius 3 is 2.29 bits per heavy atom. The summed E-state index contributed by atoms with van der Waals surface area (Å²) in [5, 5.41) is 0. The molecule has 4 nitrogen and oxygen atoms in total. The fourth-order valence-electron chi connectivity index (χ4n) is 1.79. The number of carbonyl (C=O) groups excluding carboxylic acids is 1. The number of urea groups is 1. The number of nitrogens with two attached hydrogens (primary N) is 1. The van der Waals surface area contributed by atoms with Crippen LogP contribution in [-0.2, 0) is 0 Å². The topological polar surface area (TPSA) is 49.6 Å². The Balaban J connectivity index is 2.95. The van der Waals surface area contributed by atoms with Crippen LogP contribution in [0, 0.1) is 0 Å². The molecule has 0 unspecified atom stereocenters. The maximum atomic E-state index is 12.3. The van der Waals surface area contributed by atoms with E-state index in [0.29, 0.717) is 25.3 Å². The molecule has 1 aromatic carbocycles. The maximum absolute atomic E-state index is 12.3. The summed E-state index contributed by atoms with van der Waals surface area (Å²) < 4.78 is 0. The van der Waals surface area contributed by atoms with Crippen LogP contribution in [0.2, 0.25) is 0 Å². The summed E-state index contributed by atoms with van der Waals surface area (Å²) in [7, 11) is 0. The highest BCUT2D eigenvalue weighted by Gasteiger charge is 2.18. The monoisotopic (exact) mass is 235 g/mol. The van der Waals surface area contributed by atoms with Gasteiger partial charge in [0, 0.05) is 31.0 Å². The van der Waals surface area contributed by atoms with Crippen molar-refractivity contribution in [1.82, 2.24) is 4.90 Å². The van der Waals surface area contributed by atoms with E-state index in [-0.39, 0.29) is 6.03 Å². The predicted molar refractivity (Wildman–Crippen MR) is 72.2 cm³/mol. The zero-order valence-electron chi connectivity index (χ0n) is 10.8. The molecule has 17 heavy (non-hydrogen) atoms. The second-order valence-corrected chi connectivity index (χ2v) is 3.79. The SMILES string of the molecule is CCN(CC)C(=O)N(CC)c1cccc(N)c1. The molecule has 0 aliphatic heterocycles. The van der Waals surface area contributed by atoms with Crippen LogP contribution in [0.3, 0.4) is 0 Å². The molecular formula is C13H21N3O. The first-order valence-corrected chi connectivity index (χ1v) is 6.05. The average Bonchev–Trinajstić information content (AvgIpc) is 2.31. The van der Waals surface area contributed by atoms with E-state index in [1.807, 2.05) is 45.0 Å². The third kappa shape index (κ3) is 3.12. The molecule has 0 atom stereocenters. The Morgan fingerprint density at radius 2 is 1.82 bits per heavy atom. The molecule has 1 aromatic rings. The van der Waals surface area contributed by atoms with E-state index in [1.165, 1.54) is 0 Å². The molecule has 0 aliphatic rings. The van der Waals surface area contributed by atoms with Crippen molar-refractivity contribution in [2.45, 2.75) is 20.8 Å². The van der Waals surface area contributed by atoms with Gasteiger partial charge in [-0.05, 0) is 39.0 Å². The predicted octanol–water partition coefficient (Wildman–Crippen LogP) is 2.56. The average molecular weight is 235 g/mol. The lowest BCUT2D eigenvalue weighted by molar-refractivity contribution is 0.210. The molecule has 0 saturated heterocycles. The third-order valence-corrected chi connectivity index (χ3v) is 2.76. The van der Waals surface area contributed by atoms with E-state index in [1.54, 1.807) is 9.80 Å². The second kappa shape index (κ2) is 6.13. The van der Waals surface area contributed by atoms with E-state index < -0.39 is 0 Å². The van der Waals surface area contributed by atoms with Crippen LogP contribution in [0.1, 0.15) is 20.8 Å². The Hall–Kier alpha value is -1.71. The highest BCUT2D eigenvalue weighted by atomic mass is 16.2. The van der Waals surface area contributed by atoms with Gasteiger partial charge in [-0.15, -0.1) is 0 Å². The van der Waals surface area contributed by atoms with Crippen molar-refractivity contribution in [3.63, 3.8) is 0 Å². The summed E-state index contributed by atoms with van der Waals surface area (Å²) in [5.41, 5.74) is 7.27. The van der Waals surface area contributed by atoms with Crippen molar-refractivity contribution in [2.24, 2.45) is 0 Å². The molecule has 0 heterocycles. The summed E-state index contributed by atoms with van der Waals surface area (Å²) >= 11 is 0. The fourth-order valence-corrected chi connectivity index (χ4v) is 1.79. The summed E-state index contributed by atoms with van der Waals surface area (Å²) in [6.07, 6.45) is 0. The van der Waals surface area contributed by atoms with Gasteiger partial charge in [-0.2, -0.15) is 0 Å². The molecule has 2 N–H and O–H groups in total. The van der Waals surface area contributed by atoms with E-state index in [4.69, 9.17) is 5.73 Å². The minimum absolute atomic E-state index is 0.0306. The van der Waals surface area contributed by atoms with E-state index in [0.717, 1.165) is 5.69 Å². The zero-order valence-corrected chi connectivity index (χ0v) is 10.8. The second-order valence-electron chi connectivity index (χ2n) is 3.79. The molecule has 0 spiro atoms. The Bertz CT molecular complexity index is 375. The van der Waals surface area contributed by atoms with Gasteiger partial charge in [-0.3, -0.25) is 4.90 Å². The number of anilines is 2. The largest absolute Gasteiger partial charge is 0.399 e. The van der Waals surface area contributed by atoms with Crippen LogP contribution in [0.5, 0.6) is 0 Å². The molecule has 0 bridgehead atoms. The molecule has 0 radical (unpaired) electrons. The van der Waals surface area contributed by atoms with Gasteiger partial charge < -0.3 is 10.6 Å². The lowest BCUT2D eigenvalue weighted by Gasteiger charge is -2.28. The van der Waals surface area contributed by atoms with Gasteiger partial charge in [0.2, 0.25) is 0 Å². The first kappa shape index (κ1) is 13.4. The van der Waals surface area contributed by atoms with Crippen LogP contribution < -0.4 is 10.6 Å². The van der Waals surface area contributed by atoms with E-state index >= 15 is 0 Å². The summed E-state index contributed by atoms with van der Waals surface area (Å²) in [5.74, 6) is 0. The molecule has 94 valence electrons. The molecule has 0 fully saturated rings. The highest BCUT2D eigenvalue weighted by Crippen LogP contribution is 2.18. The fraction of sp³-hybridized carbons (Fsp3) is 0.462. The highest BCUT2D eigenvalue weighted by molar-refractivity contribution is 5.92. The van der Waals surface area contributed by atoms with Gasteiger partial charge in [0.05, 0.1) is 0 Å². The smallest absolute Gasteiger partial charge is 0.324 e. The van der Waals surface area contributed by atoms with Crippen molar-refractivity contribution < 1.29 is 4.79 Å². The lowest BCUT2D eigenvalue weighted by atomic mass is 10.2. The van der Waals surface area contributed by atoms with Crippen LogP contribution in [0.25, 0.3) is 0 Å². The van der Waals surface area contributed by atoms with Gasteiger partial charge >= 0.3 is 6.03 Å². The maximum Gasteiger partial charge on any atom is 0.324 e. The van der Waals surface area contributed by atoms with Crippen molar-refractivity contribution >= 4 is 17.4 Å². The zero-order chi connectivity index (χ0) is 12.8. The van der Waals surface area contributed by atoms with Crippen LogP contribution in [0.4, 0.5) is 16.2 Å². The molecule has 0 aliphatic carbocycles. The van der Waals surface area contributed by atoms with Crippen molar-refractivity contribution in [2.75, 3.05) is 30.3 Å². The van der Waals surface area contributed by atoms with E-state index in [9.17, 15) is 4.79 Å². The minimum Gasteiger partial charge on any atom is -0.399 e. The van der Waals surface area contributed by atoms with Crippen LogP contribution in [0.15, 0.2) is 24.3 Å². The number of rotatable bonds is 4.